The Morgan fingerprint density at radius 1 is 0.183 bits per heavy atom. The van der Waals surface area contributed by atoms with Gasteiger partial charge in [0.1, 0.15) is 26.4 Å². The van der Waals surface area contributed by atoms with Gasteiger partial charge in [0.25, 0.3) is 0 Å². The smallest absolute Gasteiger partial charge is 0.305 e. The van der Waals surface area contributed by atoms with Crippen molar-refractivity contribution in [3.63, 3.8) is 0 Å². The fourth-order valence-corrected chi connectivity index (χ4v) is 14.5. The van der Waals surface area contributed by atoms with Gasteiger partial charge in [-0.05, 0) is 25.7 Å². The molecule has 0 aromatic carbocycles. The minimum atomic E-state index is -0.156. The quantitative estimate of drug-likeness (QED) is 0.0337. The number of hydrogen-bond donors (Lipinski definition) is 2. The fraction of sp³-hybridized carbons (Fsp3) is 0.956. The molecular weight excluding hydrogens is 1300 g/mol. The van der Waals surface area contributed by atoms with Crippen molar-refractivity contribution in [3.8, 4) is 0 Å². The van der Waals surface area contributed by atoms with Crippen LogP contribution in [0.3, 0.4) is 0 Å². The zero-order valence-electron chi connectivity index (χ0n) is 69.9. The molecule has 0 saturated carbocycles. The molecule has 0 heterocycles. The van der Waals surface area contributed by atoms with E-state index in [1.165, 1.54) is 308 Å². The standard InChI is InChI=1S/C90H178N4O10/c1-5-9-13-17-21-25-29-33-37-41-45-49-53-57-61-65-87(97)101-83-77-91(71-73-93(75-81-95)79-85-103-89(99)67-63-59-55-51-47-43-39-35-31-27-23-19-15-11-7-3)69-70-92(78-84-102-88(98)66-62-58-54-50-46-42-38-34-30-26-22-18-14-10-6-2)72-74-94(76-82-96)80-86-104-90(100)68-64-60-56-52-48-44-40-36-32-28-24-20-16-12-8-4/h95-96H,5-86H2,1-4H3. The first kappa shape index (κ1) is 102. The predicted octanol–water partition coefficient (Wildman–Crippen LogP) is 23.4. The Hall–Kier alpha value is -2.36. The lowest BCUT2D eigenvalue weighted by Gasteiger charge is -2.31. The van der Waals surface area contributed by atoms with Crippen LogP contribution in [-0.2, 0) is 38.1 Å². The molecule has 0 aromatic heterocycles. The first-order valence-corrected chi connectivity index (χ1v) is 46.0. The molecule has 0 aliphatic heterocycles. The van der Waals surface area contributed by atoms with Crippen LogP contribution in [0.5, 0.6) is 0 Å². The Labute approximate surface area is 645 Å². The molecule has 0 unspecified atom stereocenters. The molecule has 0 amide bonds. The Morgan fingerprint density at radius 2 is 0.308 bits per heavy atom. The fourth-order valence-electron chi connectivity index (χ4n) is 14.5. The third-order valence-electron chi connectivity index (χ3n) is 21.6. The van der Waals surface area contributed by atoms with Crippen molar-refractivity contribution in [2.24, 2.45) is 0 Å². The second kappa shape index (κ2) is 86.2. The maximum absolute atomic E-state index is 13.2. The van der Waals surface area contributed by atoms with Crippen molar-refractivity contribution in [2.75, 3.05) is 118 Å². The molecule has 0 saturated heterocycles. The second-order valence-corrected chi connectivity index (χ2v) is 31.5. The summed E-state index contributed by atoms with van der Waals surface area (Å²) in [6.45, 7) is 17.0. The molecule has 2 N–H and O–H groups in total. The van der Waals surface area contributed by atoms with Gasteiger partial charge in [-0.2, -0.15) is 0 Å². The van der Waals surface area contributed by atoms with Crippen molar-refractivity contribution in [1.29, 1.82) is 0 Å². The van der Waals surface area contributed by atoms with Gasteiger partial charge in [-0.1, -0.05) is 387 Å². The molecule has 0 radical (unpaired) electrons. The number of esters is 4. The first-order valence-electron chi connectivity index (χ1n) is 46.0. The van der Waals surface area contributed by atoms with Gasteiger partial charge in [-0.3, -0.25) is 38.8 Å². The summed E-state index contributed by atoms with van der Waals surface area (Å²) in [5, 5.41) is 20.4. The van der Waals surface area contributed by atoms with Gasteiger partial charge < -0.3 is 29.2 Å². The molecule has 0 fully saturated rings. The van der Waals surface area contributed by atoms with Crippen molar-refractivity contribution < 1.29 is 48.3 Å². The van der Waals surface area contributed by atoms with Crippen molar-refractivity contribution in [1.82, 2.24) is 19.6 Å². The van der Waals surface area contributed by atoms with Crippen LogP contribution in [0.25, 0.3) is 0 Å². The number of nitrogens with zero attached hydrogens (tertiary/aromatic N) is 4. The van der Waals surface area contributed by atoms with E-state index in [2.05, 4.69) is 47.3 Å². The SMILES string of the molecule is CCCCCCCCCCCCCCCCCC(=O)OCCN(CCO)CCN(CCOC(=O)CCCCCCCCCCCCCCCCC)CCN(CCOC(=O)CCCCCCCCCCCCCCCCC)CCN(CCO)CCOC(=O)CCCCCCCCCCCCCCCCC. The molecule has 0 atom stereocenters. The van der Waals surface area contributed by atoms with Crippen LogP contribution in [-0.4, -0.2) is 172 Å². The van der Waals surface area contributed by atoms with Gasteiger partial charge in [0.2, 0.25) is 0 Å². The van der Waals surface area contributed by atoms with E-state index in [9.17, 15) is 29.4 Å². The van der Waals surface area contributed by atoms with E-state index in [1.54, 1.807) is 0 Å². The third-order valence-corrected chi connectivity index (χ3v) is 21.6. The maximum atomic E-state index is 13.2. The Kier molecular flexibility index (Phi) is 84.3. The molecule has 104 heavy (non-hydrogen) atoms. The zero-order valence-corrected chi connectivity index (χ0v) is 69.9. The molecule has 0 aromatic rings. The highest BCUT2D eigenvalue weighted by Gasteiger charge is 2.17. The van der Waals surface area contributed by atoms with Gasteiger partial charge in [-0.25, -0.2) is 0 Å². The van der Waals surface area contributed by atoms with Crippen LogP contribution < -0.4 is 0 Å². The van der Waals surface area contributed by atoms with E-state index >= 15 is 0 Å². The van der Waals surface area contributed by atoms with E-state index in [-0.39, 0.29) is 63.5 Å². The van der Waals surface area contributed by atoms with E-state index in [4.69, 9.17) is 18.9 Å². The summed E-state index contributed by atoms with van der Waals surface area (Å²) in [7, 11) is 0. The van der Waals surface area contributed by atoms with Crippen molar-refractivity contribution >= 4 is 23.9 Å². The molecule has 618 valence electrons. The number of aliphatic hydroxyl groups is 2. The lowest BCUT2D eigenvalue weighted by Crippen LogP contribution is -2.45. The largest absolute Gasteiger partial charge is 0.464 e. The molecule has 0 aliphatic rings. The highest BCUT2D eigenvalue weighted by atomic mass is 16.5. The lowest BCUT2D eigenvalue weighted by atomic mass is 10.0. The Morgan fingerprint density at radius 3 is 0.442 bits per heavy atom. The molecular formula is C90H178N4O10. The van der Waals surface area contributed by atoms with Crippen LogP contribution in [0.4, 0.5) is 0 Å². The maximum Gasteiger partial charge on any atom is 0.305 e. The van der Waals surface area contributed by atoms with Gasteiger partial charge in [-0.15, -0.1) is 0 Å². The van der Waals surface area contributed by atoms with Gasteiger partial charge in [0.15, 0.2) is 0 Å². The van der Waals surface area contributed by atoms with E-state index in [1.807, 2.05) is 0 Å². The summed E-state index contributed by atoms with van der Waals surface area (Å²) in [5.74, 6) is -0.618. The number of carbonyl (C=O) groups excluding carboxylic acids is 4. The summed E-state index contributed by atoms with van der Waals surface area (Å²) in [6, 6.07) is 0. The normalized spacial score (nSPS) is 11.8. The van der Waals surface area contributed by atoms with Crippen LogP contribution in [0.2, 0.25) is 0 Å². The summed E-state index contributed by atoms with van der Waals surface area (Å²) >= 11 is 0. The lowest BCUT2D eigenvalue weighted by molar-refractivity contribution is -0.145. The Balaban J connectivity index is 5.66. The van der Waals surface area contributed by atoms with E-state index < -0.39 is 0 Å². The van der Waals surface area contributed by atoms with Gasteiger partial charge >= 0.3 is 23.9 Å². The molecule has 0 aliphatic carbocycles. The summed E-state index contributed by atoms with van der Waals surface area (Å²) in [6.07, 6.45) is 78.5. The van der Waals surface area contributed by atoms with Crippen LogP contribution >= 0.6 is 0 Å². The highest BCUT2D eigenvalue weighted by molar-refractivity contribution is 5.70. The number of hydrogen-bond acceptors (Lipinski definition) is 14. The average molecular weight is 1480 g/mol. The van der Waals surface area contributed by atoms with Gasteiger partial charge in [0.05, 0.1) is 13.2 Å². The van der Waals surface area contributed by atoms with Gasteiger partial charge in [0, 0.05) is 104 Å². The van der Waals surface area contributed by atoms with Crippen molar-refractivity contribution in [2.45, 2.75) is 439 Å². The van der Waals surface area contributed by atoms with Crippen LogP contribution in [0, 0.1) is 0 Å². The zero-order chi connectivity index (χ0) is 75.4. The monoisotopic (exact) mass is 1480 g/mol. The number of ether oxygens (including phenoxy) is 4. The molecule has 0 bridgehead atoms. The number of carbonyl (C=O) groups is 4. The Bertz CT molecular complexity index is 1620. The third kappa shape index (κ3) is 79.2. The highest BCUT2D eigenvalue weighted by Crippen LogP contribution is 2.20. The van der Waals surface area contributed by atoms with Crippen LogP contribution in [0.1, 0.15) is 439 Å². The molecule has 0 rings (SSSR count). The summed E-state index contributed by atoms with van der Waals surface area (Å²) < 4.78 is 23.4. The van der Waals surface area contributed by atoms with E-state index in [0.717, 1.165) is 77.0 Å². The first-order chi connectivity index (χ1) is 51.2. The van der Waals surface area contributed by atoms with Crippen molar-refractivity contribution in [3.05, 3.63) is 0 Å². The second-order valence-electron chi connectivity index (χ2n) is 31.5. The average Bonchev–Trinajstić information content (AvgIpc) is 0.997. The van der Waals surface area contributed by atoms with Crippen LogP contribution in [0.15, 0.2) is 0 Å². The minimum absolute atomic E-state index is 0.0149. The number of rotatable bonds is 89. The molecule has 0 spiro atoms. The van der Waals surface area contributed by atoms with E-state index in [0.29, 0.717) is 104 Å². The summed E-state index contributed by atoms with van der Waals surface area (Å²) in [5.41, 5.74) is 0. The molecule has 14 heteroatoms. The number of aliphatic hydroxyl groups excluding tert-OH is 2. The topological polar surface area (TPSA) is 159 Å². The minimum Gasteiger partial charge on any atom is -0.464 e. The summed E-state index contributed by atoms with van der Waals surface area (Å²) in [4.78, 5) is 61.0. The predicted molar refractivity (Wildman–Crippen MR) is 442 cm³/mol. The molecule has 14 nitrogen and oxygen atoms in total. The number of unbranched alkanes of at least 4 members (excludes halogenated alkanes) is 56.